The lowest BCUT2D eigenvalue weighted by Gasteiger charge is -2.23. The molecule has 0 saturated carbocycles. The molecule has 0 saturated heterocycles. The predicted molar refractivity (Wildman–Crippen MR) is 113 cm³/mol. The molecule has 32 heavy (non-hydrogen) atoms. The Labute approximate surface area is 184 Å². The van der Waals surface area contributed by atoms with Crippen molar-refractivity contribution in [3.63, 3.8) is 0 Å². The Bertz CT molecular complexity index is 1040. The standard InChI is InChI=1S/C23H22F2N4O3/c1-15(13-32-22-5-4-16(11-26)12-27-22)3-6-23(30)29-21(7-8-28-29)17-9-19(24)18(14-31-2)20(25)10-17/h4-5,8-10,12,21H,1,3,6-7,13-14H2,2H3. The highest BCUT2D eigenvalue weighted by molar-refractivity contribution is 5.80. The van der Waals surface area contributed by atoms with E-state index in [4.69, 9.17) is 14.7 Å². The molecule has 3 rings (SSSR count). The average Bonchev–Trinajstić information content (AvgIpc) is 3.29. The van der Waals surface area contributed by atoms with Gasteiger partial charge in [0.15, 0.2) is 0 Å². The number of ether oxygens (including phenoxy) is 2. The fourth-order valence-electron chi connectivity index (χ4n) is 3.21. The molecule has 1 atom stereocenters. The highest BCUT2D eigenvalue weighted by Gasteiger charge is 2.29. The molecular weight excluding hydrogens is 418 g/mol. The lowest BCUT2D eigenvalue weighted by molar-refractivity contribution is -0.133. The summed E-state index contributed by atoms with van der Waals surface area (Å²) in [7, 11) is 1.36. The minimum absolute atomic E-state index is 0.115. The fraction of sp³-hybridized carbons (Fsp3) is 0.304. The first-order valence-electron chi connectivity index (χ1n) is 9.89. The maximum Gasteiger partial charge on any atom is 0.243 e. The first kappa shape index (κ1) is 23.0. The second kappa shape index (κ2) is 10.6. The van der Waals surface area contributed by atoms with Crippen molar-refractivity contribution in [2.75, 3.05) is 13.7 Å². The Morgan fingerprint density at radius 3 is 2.69 bits per heavy atom. The molecule has 7 nitrogen and oxygen atoms in total. The van der Waals surface area contributed by atoms with Crippen LogP contribution in [0.25, 0.3) is 0 Å². The van der Waals surface area contributed by atoms with Gasteiger partial charge in [0, 0.05) is 44.0 Å². The Hall–Kier alpha value is -3.64. The highest BCUT2D eigenvalue weighted by atomic mass is 19.1. The summed E-state index contributed by atoms with van der Waals surface area (Å²) < 4.78 is 38.9. The largest absolute Gasteiger partial charge is 0.473 e. The van der Waals surface area contributed by atoms with Crippen LogP contribution in [0.2, 0.25) is 0 Å². The summed E-state index contributed by atoms with van der Waals surface area (Å²) in [5, 5.41) is 14.1. The molecule has 1 unspecified atom stereocenters. The monoisotopic (exact) mass is 440 g/mol. The van der Waals surface area contributed by atoms with Crippen LogP contribution in [0.3, 0.4) is 0 Å². The van der Waals surface area contributed by atoms with Crippen molar-refractivity contribution in [3.05, 3.63) is 70.9 Å². The highest BCUT2D eigenvalue weighted by Crippen LogP contribution is 2.31. The van der Waals surface area contributed by atoms with Crippen molar-refractivity contribution >= 4 is 12.1 Å². The number of carbonyl (C=O) groups excluding carboxylic acids is 1. The van der Waals surface area contributed by atoms with E-state index < -0.39 is 17.7 Å². The fourth-order valence-corrected chi connectivity index (χ4v) is 3.21. The summed E-state index contributed by atoms with van der Waals surface area (Å²) >= 11 is 0. The second-order valence-electron chi connectivity index (χ2n) is 7.22. The van der Waals surface area contributed by atoms with Gasteiger partial charge in [-0.15, -0.1) is 0 Å². The zero-order valence-corrected chi connectivity index (χ0v) is 17.6. The van der Waals surface area contributed by atoms with Gasteiger partial charge in [-0.1, -0.05) is 6.58 Å². The normalized spacial score (nSPS) is 14.9. The number of pyridine rings is 1. The van der Waals surface area contributed by atoms with Crippen LogP contribution in [0.15, 0.2) is 47.7 Å². The van der Waals surface area contributed by atoms with Crippen LogP contribution in [0.5, 0.6) is 5.88 Å². The molecule has 0 spiro atoms. The van der Waals surface area contributed by atoms with Gasteiger partial charge in [-0.2, -0.15) is 10.4 Å². The molecule has 0 N–H and O–H groups in total. The van der Waals surface area contributed by atoms with Crippen LogP contribution in [0, 0.1) is 23.0 Å². The molecule has 2 aromatic rings. The zero-order valence-electron chi connectivity index (χ0n) is 17.6. The Morgan fingerprint density at radius 2 is 2.06 bits per heavy atom. The molecule has 0 fully saturated rings. The van der Waals surface area contributed by atoms with Crippen molar-refractivity contribution in [2.45, 2.75) is 31.9 Å². The number of rotatable bonds is 9. The van der Waals surface area contributed by atoms with Gasteiger partial charge in [-0.25, -0.2) is 18.8 Å². The van der Waals surface area contributed by atoms with E-state index in [2.05, 4.69) is 16.7 Å². The molecule has 1 amide bonds. The number of nitrogens with zero attached hydrogens (tertiary/aromatic N) is 4. The number of hydrogen-bond acceptors (Lipinski definition) is 6. The quantitative estimate of drug-likeness (QED) is 0.549. The molecule has 166 valence electrons. The van der Waals surface area contributed by atoms with Crippen LogP contribution >= 0.6 is 0 Å². The number of aromatic nitrogens is 1. The van der Waals surface area contributed by atoms with Crippen molar-refractivity contribution < 1.29 is 23.0 Å². The first-order chi connectivity index (χ1) is 15.4. The smallest absolute Gasteiger partial charge is 0.243 e. The lowest BCUT2D eigenvalue weighted by Crippen LogP contribution is -2.27. The number of halogens is 2. The third-order valence-electron chi connectivity index (χ3n) is 4.90. The molecule has 2 heterocycles. The summed E-state index contributed by atoms with van der Waals surface area (Å²) in [5.74, 6) is -1.38. The van der Waals surface area contributed by atoms with Gasteiger partial charge in [0.25, 0.3) is 0 Å². The van der Waals surface area contributed by atoms with E-state index in [1.165, 1.54) is 30.4 Å². The number of benzene rings is 1. The molecular formula is C23H22F2N4O3. The first-order valence-corrected chi connectivity index (χ1v) is 9.89. The Balaban J connectivity index is 1.55. The van der Waals surface area contributed by atoms with E-state index in [1.54, 1.807) is 18.3 Å². The summed E-state index contributed by atoms with van der Waals surface area (Å²) in [4.78, 5) is 16.7. The summed E-state index contributed by atoms with van der Waals surface area (Å²) in [6.45, 7) is 3.89. The lowest BCUT2D eigenvalue weighted by atomic mass is 10.0. The molecule has 1 aromatic heterocycles. The average molecular weight is 440 g/mol. The molecule has 0 aliphatic carbocycles. The van der Waals surface area contributed by atoms with E-state index in [9.17, 15) is 13.6 Å². The number of nitriles is 1. The van der Waals surface area contributed by atoms with Crippen LogP contribution in [0.4, 0.5) is 8.78 Å². The topological polar surface area (TPSA) is 87.8 Å². The zero-order chi connectivity index (χ0) is 23.1. The molecule has 1 aliphatic rings. The number of methoxy groups -OCH3 is 1. The van der Waals surface area contributed by atoms with Gasteiger partial charge < -0.3 is 9.47 Å². The number of amides is 1. The maximum absolute atomic E-state index is 14.3. The molecule has 1 aromatic carbocycles. The summed E-state index contributed by atoms with van der Waals surface area (Å²) in [5.41, 5.74) is 1.28. The van der Waals surface area contributed by atoms with Crippen molar-refractivity contribution in [1.82, 2.24) is 9.99 Å². The molecule has 0 bridgehead atoms. The van der Waals surface area contributed by atoms with Crippen LogP contribution in [0.1, 0.15) is 42.0 Å². The van der Waals surface area contributed by atoms with Crippen molar-refractivity contribution in [2.24, 2.45) is 5.10 Å². The molecule has 0 radical (unpaired) electrons. The van der Waals surface area contributed by atoms with Gasteiger partial charge in [0.05, 0.1) is 18.2 Å². The molecule has 1 aliphatic heterocycles. The predicted octanol–water partition coefficient (Wildman–Crippen LogP) is 4.05. The van der Waals surface area contributed by atoms with Gasteiger partial charge in [0.2, 0.25) is 11.8 Å². The van der Waals surface area contributed by atoms with Crippen molar-refractivity contribution in [3.8, 4) is 11.9 Å². The number of hydrazone groups is 1. The SMILES string of the molecule is C=C(CCC(=O)N1N=CCC1c1cc(F)c(COC)c(F)c1)COc1ccc(C#N)cn1. The number of hydrogen-bond donors (Lipinski definition) is 0. The minimum atomic E-state index is -0.719. The van der Waals surface area contributed by atoms with Gasteiger partial charge in [-0.05, 0) is 35.8 Å². The van der Waals surface area contributed by atoms with E-state index in [0.717, 1.165) is 0 Å². The second-order valence-corrected chi connectivity index (χ2v) is 7.22. The van der Waals surface area contributed by atoms with Gasteiger partial charge in [0.1, 0.15) is 24.3 Å². The van der Waals surface area contributed by atoms with E-state index in [-0.39, 0.29) is 31.1 Å². The maximum atomic E-state index is 14.3. The van der Waals surface area contributed by atoms with Gasteiger partial charge >= 0.3 is 0 Å². The third-order valence-corrected chi connectivity index (χ3v) is 4.90. The molecule has 9 heteroatoms. The Kier molecular flexibility index (Phi) is 7.63. The van der Waals surface area contributed by atoms with Crippen LogP contribution in [-0.2, 0) is 16.1 Å². The van der Waals surface area contributed by atoms with Gasteiger partial charge in [-0.3, -0.25) is 4.79 Å². The van der Waals surface area contributed by atoms with E-state index >= 15 is 0 Å². The van der Waals surface area contributed by atoms with Crippen LogP contribution in [-0.4, -0.2) is 35.8 Å². The summed E-state index contributed by atoms with van der Waals surface area (Å²) in [6.07, 6.45) is 3.78. The number of carbonyl (C=O) groups is 1. The van der Waals surface area contributed by atoms with Crippen LogP contribution < -0.4 is 4.74 Å². The summed E-state index contributed by atoms with van der Waals surface area (Å²) in [6, 6.07) is 7.00. The van der Waals surface area contributed by atoms with E-state index in [0.29, 0.717) is 35.4 Å². The van der Waals surface area contributed by atoms with Crippen molar-refractivity contribution in [1.29, 1.82) is 5.26 Å². The Morgan fingerprint density at radius 1 is 1.31 bits per heavy atom. The minimum Gasteiger partial charge on any atom is -0.473 e. The van der Waals surface area contributed by atoms with E-state index in [1.807, 2.05) is 6.07 Å². The third kappa shape index (κ3) is 5.53.